The first-order valence-corrected chi connectivity index (χ1v) is 6.62. The molecule has 0 saturated heterocycles. The molecule has 0 aromatic heterocycles. The molecule has 0 unspecified atom stereocenters. The van der Waals surface area contributed by atoms with E-state index in [4.69, 9.17) is 0 Å². The van der Waals surface area contributed by atoms with Gasteiger partial charge in [-0.05, 0) is 29.1 Å². The summed E-state index contributed by atoms with van der Waals surface area (Å²) in [7, 11) is 0. The van der Waals surface area contributed by atoms with Crippen LogP contribution >= 0.6 is 48.0 Å². The van der Waals surface area contributed by atoms with E-state index < -0.39 is 0 Å². The van der Waals surface area contributed by atoms with Crippen molar-refractivity contribution in [1.82, 2.24) is 0 Å². The lowest BCUT2D eigenvalue weighted by Gasteiger charge is -2.47. The first-order valence-electron chi connectivity index (χ1n) is 6.62. The SMILES string of the molecule is CC.CC1(C)C=CC(C)(C)C12CCCC2.I.I. The molecule has 0 nitrogen and oxygen atoms in total. The maximum Gasteiger partial charge on any atom is -0.0110 e. The lowest BCUT2D eigenvalue weighted by molar-refractivity contribution is 0.0357. The highest BCUT2D eigenvalue weighted by Crippen LogP contribution is 2.65. The van der Waals surface area contributed by atoms with E-state index in [1.807, 2.05) is 13.8 Å². The van der Waals surface area contributed by atoms with Gasteiger partial charge < -0.3 is 0 Å². The average Bonchev–Trinajstić information content (AvgIpc) is 2.74. The summed E-state index contributed by atoms with van der Waals surface area (Å²) in [5.41, 5.74) is 1.42. The Kier molecular flexibility index (Phi) is 8.58. The summed E-state index contributed by atoms with van der Waals surface area (Å²) in [6.07, 6.45) is 10.7. The second-order valence-corrected chi connectivity index (χ2v) is 6.07. The van der Waals surface area contributed by atoms with Crippen molar-refractivity contribution in [1.29, 1.82) is 0 Å². The van der Waals surface area contributed by atoms with Crippen molar-refractivity contribution in [2.45, 2.75) is 67.2 Å². The summed E-state index contributed by atoms with van der Waals surface area (Å²) in [5.74, 6) is 0. The summed E-state index contributed by atoms with van der Waals surface area (Å²) in [4.78, 5) is 0. The molecule has 104 valence electrons. The summed E-state index contributed by atoms with van der Waals surface area (Å²) >= 11 is 0. The van der Waals surface area contributed by atoms with Crippen molar-refractivity contribution in [3.63, 3.8) is 0 Å². The molecular weight excluding hydrogens is 434 g/mol. The largest absolute Gasteiger partial charge is 0.107 e. The van der Waals surface area contributed by atoms with Gasteiger partial charge in [-0.15, -0.1) is 48.0 Å². The molecule has 0 aromatic rings. The summed E-state index contributed by atoms with van der Waals surface area (Å²) < 4.78 is 0. The van der Waals surface area contributed by atoms with Crippen LogP contribution < -0.4 is 0 Å². The van der Waals surface area contributed by atoms with Crippen molar-refractivity contribution < 1.29 is 0 Å². The highest BCUT2D eigenvalue weighted by molar-refractivity contribution is 14.0. The zero-order valence-electron chi connectivity index (χ0n) is 12.3. The van der Waals surface area contributed by atoms with Crippen molar-refractivity contribution in [3.05, 3.63) is 12.2 Å². The molecule has 0 N–H and O–H groups in total. The molecule has 0 atom stereocenters. The van der Waals surface area contributed by atoms with E-state index in [0.717, 1.165) is 0 Å². The number of hydrogen-bond donors (Lipinski definition) is 0. The average molecular weight is 464 g/mol. The third kappa shape index (κ3) is 3.21. The van der Waals surface area contributed by atoms with Gasteiger partial charge in [0.2, 0.25) is 0 Å². The fourth-order valence-corrected chi connectivity index (χ4v) is 3.83. The number of rotatable bonds is 0. The molecule has 0 amide bonds. The molecule has 1 saturated carbocycles. The van der Waals surface area contributed by atoms with Crippen LogP contribution in [-0.2, 0) is 0 Å². The zero-order valence-corrected chi connectivity index (χ0v) is 17.0. The molecule has 2 aliphatic rings. The Balaban J connectivity index is 0. The monoisotopic (exact) mass is 464 g/mol. The minimum absolute atomic E-state index is 0. The molecule has 0 bridgehead atoms. The van der Waals surface area contributed by atoms with Crippen LogP contribution in [0.15, 0.2) is 12.2 Å². The maximum atomic E-state index is 2.46. The predicted octanol–water partition coefficient (Wildman–Crippen LogP) is 6.43. The van der Waals surface area contributed by atoms with Gasteiger partial charge in [-0.3, -0.25) is 0 Å². The van der Waals surface area contributed by atoms with Gasteiger partial charge in [0.05, 0.1) is 0 Å². The van der Waals surface area contributed by atoms with Crippen molar-refractivity contribution in [2.24, 2.45) is 16.2 Å². The normalized spacial score (nSPS) is 25.5. The minimum Gasteiger partial charge on any atom is -0.107 e. The third-order valence-corrected chi connectivity index (χ3v) is 4.84. The molecule has 0 heterocycles. The van der Waals surface area contributed by atoms with Gasteiger partial charge >= 0.3 is 0 Å². The van der Waals surface area contributed by atoms with Crippen LogP contribution in [0.4, 0.5) is 0 Å². The first-order chi connectivity index (χ1) is 6.91. The minimum atomic E-state index is 0. The molecule has 2 heteroatoms. The molecule has 0 aliphatic heterocycles. The predicted molar refractivity (Wildman–Crippen MR) is 99.8 cm³/mol. The van der Waals surface area contributed by atoms with E-state index in [0.29, 0.717) is 16.2 Å². The van der Waals surface area contributed by atoms with Crippen molar-refractivity contribution in [3.8, 4) is 0 Å². The van der Waals surface area contributed by atoms with Crippen molar-refractivity contribution in [2.75, 3.05) is 0 Å². The number of allylic oxidation sites excluding steroid dienone is 2. The second kappa shape index (κ2) is 7.11. The molecule has 1 fully saturated rings. The number of halogens is 2. The lowest BCUT2D eigenvalue weighted by Crippen LogP contribution is -2.40. The Morgan fingerprint density at radius 3 is 1.29 bits per heavy atom. The van der Waals surface area contributed by atoms with E-state index in [-0.39, 0.29) is 48.0 Å². The van der Waals surface area contributed by atoms with Gasteiger partial charge in [0.1, 0.15) is 0 Å². The second-order valence-electron chi connectivity index (χ2n) is 6.07. The van der Waals surface area contributed by atoms with Gasteiger partial charge in [0, 0.05) is 0 Å². The van der Waals surface area contributed by atoms with Gasteiger partial charge in [0.25, 0.3) is 0 Å². The molecule has 0 radical (unpaired) electrons. The summed E-state index contributed by atoms with van der Waals surface area (Å²) in [5, 5.41) is 0. The van der Waals surface area contributed by atoms with Crippen LogP contribution in [-0.4, -0.2) is 0 Å². The van der Waals surface area contributed by atoms with Gasteiger partial charge in [0.15, 0.2) is 0 Å². The molecule has 0 aromatic carbocycles. The highest BCUT2D eigenvalue weighted by atomic mass is 127. The topological polar surface area (TPSA) is 0 Å². The van der Waals surface area contributed by atoms with E-state index >= 15 is 0 Å². The lowest BCUT2D eigenvalue weighted by atomic mass is 9.56. The summed E-state index contributed by atoms with van der Waals surface area (Å²) in [6, 6.07) is 0. The Morgan fingerprint density at radius 1 is 0.706 bits per heavy atom. The smallest absolute Gasteiger partial charge is 0.0110 e. The van der Waals surface area contributed by atoms with E-state index in [1.54, 1.807) is 0 Å². The highest BCUT2D eigenvalue weighted by Gasteiger charge is 2.56. The van der Waals surface area contributed by atoms with Crippen LogP contribution in [0.1, 0.15) is 67.2 Å². The number of hydrogen-bond acceptors (Lipinski definition) is 0. The summed E-state index contributed by atoms with van der Waals surface area (Å²) in [6.45, 7) is 13.7. The van der Waals surface area contributed by atoms with Crippen LogP contribution in [0.3, 0.4) is 0 Å². The fourth-order valence-electron chi connectivity index (χ4n) is 3.83. The zero-order chi connectivity index (χ0) is 11.7. The van der Waals surface area contributed by atoms with Crippen LogP contribution in [0.2, 0.25) is 0 Å². The van der Waals surface area contributed by atoms with E-state index in [1.165, 1.54) is 25.7 Å². The quantitative estimate of drug-likeness (QED) is 0.286. The third-order valence-electron chi connectivity index (χ3n) is 4.84. The molecule has 17 heavy (non-hydrogen) atoms. The van der Waals surface area contributed by atoms with Crippen LogP contribution in [0, 0.1) is 16.2 Å². The van der Waals surface area contributed by atoms with Crippen LogP contribution in [0.25, 0.3) is 0 Å². The van der Waals surface area contributed by atoms with E-state index in [9.17, 15) is 0 Å². The Labute approximate surface area is 142 Å². The van der Waals surface area contributed by atoms with E-state index in [2.05, 4.69) is 39.8 Å². The fraction of sp³-hybridized carbons (Fsp3) is 0.867. The molecule has 2 aliphatic carbocycles. The maximum absolute atomic E-state index is 2.46. The Hall–Kier alpha value is 1.20. The van der Waals surface area contributed by atoms with Gasteiger partial charge in [-0.2, -0.15) is 0 Å². The molecular formula is C15H30I2. The Bertz CT molecular complexity index is 226. The Morgan fingerprint density at radius 2 is 1.00 bits per heavy atom. The van der Waals surface area contributed by atoms with Gasteiger partial charge in [-0.25, -0.2) is 0 Å². The molecule has 1 spiro atoms. The van der Waals surface area contributed by atoms with Gasteiger partial charge in [-0.1, -0.05) is 66.5 Å². The van der Waals surface area contributed by atoms with Crippen LogP contribution in [0.5, 0.6) is 0 Å². The standard InChI is InChI=1S/C13H22.C2H6.2HI/c1-11(2)9-10-12(3,4)13(11)7-5-6-8-13;1-2;;/h9-10H,5-8H2,1-4H3;1-2H3;2*1H. The van der Waals surface area contributed by atoms with Crippen molar-refractivity contribution >= 4 is 48.0 Å². The first kappa shape index (κ1) is 20.5. The molecule has 2 rings (SSSR count).